The molecule has 0 aliphatic rings. The molecule has 1 aromatic heterocycles. The lowest BCUT2D eigenvalue weighted by Gasteiger charge is -1.99. The highest BCUT2D eigenvalue weighted by atomic mass is 16.5. The van der Waals surface area contributed by atoms with E-state index in [1.54, 1.807) is 6.26 Å². The predicted octanol–water partition coefficient (Wildman–Crippen LogP) is 2.19. The number of methoxy groups -OCH3 is 1. The smallest absolute Gasteiger partial charge is 0.310 e. The number of fused-ring (bicyclic) bond motifs is 1. The van der Waals surface area contributed by atoms with Gasteiger partial charge in [-0.3, -0.25) is 4.79 Å². The van der Waals surface area contributed by atoms with Crippen LogP contribution in [0.2, 0.25) is 0 Å². The molecule has 1 N–H and O–H groups in total. The summed E-state index contributed by atoms with van der Waals surface area (Å²) in [4.78, 5) is 11.2. The summed E-state index contributed by atoms with van der Waals surface area (Å²) in [5.41, 5.74) is 2.60. The summed E-state index contributed by atoms with van der Waals surface area (Å²) in [5, 5.41) is 3.98. The molecule has 0 amide bonds. The highest BCUT2D eigenvalue weighted by molar-refractivity contribution is 5.87. The van der Waals surface area contributed by atoms with E-state index in [0.29, 0.717) is 0 Å². The lowest BCUT2D eigenvalue weighted by Crippen LogP contribution is -2.03. The number of hydrogen-bond donors (Lipinski definition) is 1. The van der Waals surface area contributed by atoms with E-state index in [2.05, 4.69) is 10.1 Å². The van der Waals surface area contributed by atoms with Crippen molar-refractivity contribution in [3.05, 3.63) is 30.0 Å². The Morgan fingerprint density at radius 3 is 3.00 bits per heavy atom. The van der Waals surface area contributed by atoms with Crippen LogP contribution in [0.3, 0.4) is 0 Å². The van der Waals surface area contributed by atoms with Gasteiger partial charge in [-0.05, 0) is 12.1 Å². The standard InChI is InChI=1S/C12H13NO3/c1-13-9-3-4-10-8(5-12(14)15-2)7-16-11(10)6-9/h3-4,6-7,13H,5H2,1-2H3. The predicted molar refractivity (Wildman–Crippen MR) is 61.5 cm³/mol. The summed E-state index contributed by atoms with van der Waals surface area (Å²) in [6.45, 7) is 0. The fourth-order valence-corrected chi connectivity index (χ4v) is 1.60. The van der Waals surface area contributed by atoms with E-state index >= 15 is 0 Å². The zero-order valence-corrected chi connectivity index (χ0v) is 9.24. The van der Waals surface area contributed by atoms with Crippen LogP contribution in [0.4, 0.5) is 5.69 Å². The Bertz CT molecular complexity index is 516. The van der Waals surface area contributed by atoms with E-state index in [9.17, 15) is 4.79 Å². The van der Waals surface area contributed by atoms with E-state index in [-0.39, 0.29) is 12.4 Å². The number of carbonyl (C=O) groups is 1. The molecule has 0 radical (unpaired) electrons. The van der Waals surface area contributed by atoms with Crippen LogP contribution in [-0.4, -0.2) is 20.1 Å². The van der Waals surface area contributed by atoms with Gasteiger partial charge in [-0.15, -0.1) is 0 Å². The van der Waals surface area contributed by atoms with E-state index in [1.165, 1.54) is 7.11 Å². The summed E-state index contributed by atoms with van der Waals surface area (Å²) in [6, 6.07) is 5.78. The molecule has 2 aromatic rings. The number of rotatable bonds is 3. The third kappa shape index (κ3) is 1.86. The molecule has 16 heavy (non-hydrogen) atoms. The van der Waals surface area contributed by atoms with Crippen molar-refractivity contribution in [3.8, 4) is 0 Å². The first-order valence-electron chi connectivity index (χ1n) is 4.99. The van der Waals surface area contributed by atoms with Crippen molar-refractivity contribution in [2.24, 2.45) is 0 Å². The molecule has 0 unspecified atom stereocenters. The normalized spacial score (nSPS) is 10.4. The van der Waals surface area contributed by atoms with Gasteiger partial charge < -0.3 is 14.5 Å². The van der Waals surface area contributed by atoms with Crippen molar-refractivity contribution in [3.63, 3.8) is 0 Å². The summed E-state index contributed by atoms with van der Waals surface area (Å²) in [7, 11) is 3.23. The number of furan rings is 1. The minimum atomic E-state index is -0.264. The molecule has 0 spiro atoms. The molecule has 0 aliphatic heterocycles. The second-order valence-corrected chi connectivity index (χ2v) is 3.47. The van der Waals surface area contributed by atoms with Gasteiger partial charge in [-0.2, -0.15) is 0 Å². The van der Waals surface area contributed by atoms with Crippen LogP contribution < -0.4 is 5.32 Å². The Hall–Kier alpha value is -1.97. The van der Waals surface area contributed by atoms with Gasteiger partial charge in [0, 0.05) is 29.8 Å². The molecule has 0 atom stereocenters. The van der Waals surface area contributed by atoms with Crippen LogP contribution in [0.5, 0.6) is 0 Å². The van der Waals surface area contributed by atoms with Crippen LogP contribution in [-0.2, 0) is 16.0 Å². The van der Waals surface area contributed by atoms with E-state index in [1.807, 2.05) is 25.2 Å². The van der Waals surface area contributed by atoms with Crippen molar-refractivity contribution in [2.75, 3.05) is 19.5 Å². The first-order valence-corrected chi connectivity index (χ1v) is 4.99. The quantitative estimate of drug-likeness (QED) is 0.804. The third-order valence-electron chi connectivity index (χ3n) is 2.51. The number of nitrogens with one attached hydrogen (secondary N) is 1. The van der Waals surface area contributed by atoms with Crippen molar-refractivity contribution in [1.82, 2.24) is 0 Å². The third-order valence-corrected chi connectivity index (χ3v) is 2.51. The van der Waals surface area contributed by atoms with Crippen LogP contribution in [0.15, 0.2) is 28.9 Å². The molecule has 0 bridgehead atoms. The Kier molecular flexibility index (Phi) is 2.81. The molecule has 1 heterocycles. The van der Waals surface area contributed by atoms with Crippen molar-refractivity contribution in [1.29, 1.82) is 0 Å². The molecular weight excluding hydrogens is 206 g/mol. The fourth-order valence-electron chi connectivity index (χ4n) is 1.60. The SMILES string of the molecule is CNc1ccc2c(CC(=O)OC)coc2c1. The highest BCUT2D eigenvalue weighted by Gasteiger charge is 2.10. The van der Waals surface area contributed by atoms with Gasteiger partial charge in [0.2, 0.25) is 0 Å². The molecule has 4 nitrogen and oxygen atoms in total. The molecule has 2 rings (SSSR count). The van der Waals surface area contributed by atoms with E-state index < -0.39 is 0 Å². The van der Waals surface area contributed by atoms with Gasteiger partial charge in [0.05, 0.1) is 19.8 Å². The number of hydrogen-bond acceptors (Lipinski definition) is 4. The summed E-state index contributed by atoms with van der Waals surface area (Å²) in [6.07, 6.45) is 1.84. The van der Waals surface area contributed by atoms with Crippen molar-refractivity contribution < 1.29 is 13.9 Å². The Labute approximate surface area is 93.2 Å². The van der Waals surface area contributed by atoms with Crippen molar-refractivity contribution in [2.45, 2.75) is 6.42 Å². The van der Waals surface area contributed by atoms with E-state index in [0.717, 1.165) is 22.2 Å². The lowest BCUT2D eigenvalue weighted by molar-refractivity contribution is -0.139. The van der Waals surface area contributed by atoms with Crippen LogP contribution in [0.1, 0.15) is 5.56 Å². The van der Waals surface area contributed by atoms with Gasteiger partial charge in [-0.1, -0.05) is 0 Å². The lowest BCUT2D eigenvalue weighted by atomic mass is 10.1. The van der Waals surface area contributed by atoms with Gasteiger partial charge in [0.15, 0.2) is 0 Å². The topological polar surface area (TPSA) is 51.5 Å². The van der Waals surface area contributed by atoms with Gasteiger partial charge in [0.1, 0.15) is 5.58 Å². The van der Waals surface area contributed by atoms with Gasteiger partial charge in [-0.25, -0.2) is 0 Å². The molecule has 0 fully saturated rings. The van der Waals surface area contributed by atoms with Gasteiger partial charge in [0.25, 0.3) is 0 Å². The Balaban J connectivity index is 2.37. The largest absolute Gasteiger partial charge is 0.469 e. The zero-order chi connectivity index (χ0) is 11.5. The molecule has 0 saturated heterocycles. The number of anilines is 1. The minimum absolute atomic E-state index is 0.238. The first-order chi connectivity index (χ1) is 7.74. The molecule has 84 valence electrons. The number of esters is 1. The molecule has 0 saturated carbocycles. The first kappa shape index (κ1) is 10.5. The number of benzene rings is 1. The molecular formula is C12H13NO3. The highest BCUT2D eigenvalue weighted by Crippen LogP contribution is 2.24. The maximum absolute atomic E-state index is 11.2. The van der Waals surface area contributed by atoms with Gasteiger partial charge >= 0.3 is 5.97 Å². The second-order valence-electron chi connectivity index (χ2n) is 3.47. The van der Waals surface area contributed by atoms with Crippen molar-refractivity contribution >= 4 is 22.6 Å². The number of carbonyl (C=O) groups excluding carboxylic acids is 1. The van der Waals surface area contributed by atoms with Crippen LogP contribution in [0, 0.1) is 0 Å². The fraction of sp³-hybridized carbons (Fsp3) is 0.250. The van der Waals surface area contributed by atoms with E-state index in [4.69, 9.17) is 4.42 Å². The van der Waals surface area contributed by atoms with Crippen LogP contribution in [0.25, 0.3) is 11.0 Å². The average Bonchev–Trinajstić information content (AvgIpc) is 2.71. The second kappa shape index (κ2) is 4.26. The summed E-state index contributed by atoms with van der Waals surface area (Å²) < 4.78 is 10.0. The average molecular weight is 219 g/mol. The molecule has 4 heteroatoms. The molecule has 0 aliphatic carbocycles. The monoisotopic (exact) mass is 219 g/mol. The Morgan fingerprint density at radius 2 is 2.31 bits per heavy atom. The van der Waals surface area contributed by atoms with Crippen LogP contribution >= 0.6 is 0 Å². The number of ether oxygens (including phenoxy) is 1. The maximum Gasteiger partial charge on any atom is 0.310 e. The zero-order valence-electron chi connectivity index (χ0n) is 9.24. The maximum atomic E-state index is 11.2. The summed E-state index contributed by atoms with van der Waals surface area (Å²) in [5.74, 6) is -0.264. The summed E-state index contributed by atoms with van der Waals surface area (Å²) >= 11 is 0. The minimum Gasteiger partial charge on any atom is -0.469 e. The molecule has 1 aromatic carbocycles. The Morgan fingerprint density at radius 1 is 1.50 bits per heavy atom.